The number of furan rings is 1. The Kier molecular flexibility index (Phi) is 3.79. The van der Waals surface area contributed by atoms with E-state index in [9.17, 15) is 9.90 Å². The molecule has 2 heterocycles. The number of carboxylic acid groups (broad SMARTS) is 1. The molecular formula is C15H18N2O3. The van der Waals surface area contributed by atoms with Gasteiger partial charge in [0.2, 0.25) is 0 Å². The molecule has 0 aliphatic carbocycles. The summed E-state index contributed by atoms with van der Waals surface area (Å²) in [5, 5.41) is 12.4. The van der Waals surface area contributed by atoms with Gasteiger partial charge in [0.15, 0.2) is 0 Å². The highest BCUT2D eigenvalue weighted by Crippen LogP contribution is 2.24. The molecule has 0 saturated heterocycles. The molecule has 20 heavy (non-hydrogen) atoms. The standard InChI is InChI=1S/C15H18N2O3/c1-8-7-9(2)16-14(13(8)15(18)19)17-11(4)12-6-5-10(3)20-12/h5-7,11H,1-4H3,(H,16,17)(H,18,19). The first-order valence-corrected chi connectivity index (χ1v) is 6.43. The smallest absolute Gasteiger partial charge is 0.339 e. The van der Waals surface area contributed by atoms with Crippen molar-refractivity contribution in [2.24, 2.45) is 0 Å². The van der Waals surface area contributed by atoms with Crippen LogP contribution in [0.3, 0.4) is 0 Å². The minimum atomic E-state index is -0.986. The molecule has 106 valence electrons. The van der Waals surface area contributed by atoms with Gasteiger partial charge in [0.25, 0.3) is 0 Å². The lowest BCUT2D eigenvalue weighted by atomic mass is 10.1. The zero-order valence-electron chi connectivity index (χ0n) is 12.0. The van der Waals surface area contributed by atoms with E-state index in [1.807, 2.05) is 32.9 Å². The number of anilines is 1. The predicted octanol–water partition coefficient (Wildman–Crippen LogP) is 3.47. The van der Waals surface area contributed by atoms with Crippen molar-refractivity contribution in [1.29, 1.82) is 0 Å². The van der Waals surface area contributed by atoms with Crippen molar-refractivity contribution in [3.8, 4) is 0 Å². The summed E-state index contributed by atoms with van der Waals surface area (Å²) in [7, 11) is 0. The number of carboxylic acids is 1. The highest BCUT2D eigenvalue weighted by molar-refractivity contribution is 5.94. The number of hydrogen-bond acceptors (Lipinski definition) is 4. The van der Waals surface area contributed by atoms with E-state index in [1.54, 1.807) is 13.0 Å². The van der Waals surface area contributed by atoms with Crippen molar-refractivity contribution >= 4 is 11.8 Å². The number of carbonyl (C=O) groups is 1. The highest BCUT2D eigenvalue weighted by atomic mass is 16.4. The van der Waals surface area contributed by atoms with Crippen molar-refractivity contribution in [2.45, 2.75) is 33.7 Å². The third-order valence-corrected chi connectivity index (χ3v) is 3.10. The van der Waals surface area contributed by atoms with Crippen molar-refractivity contribution in [3.05, 3.63) is 46.5 Å². The van der Waals surface area contributed by atoms with Crippen LogP contribution >= 0.6 is 0 Å². The van der Waals surface area contributed by atoms with Crippen LogP contribution in [0.4, 0.5) is 5.82 Å². The van der Waals surface area contributed by atoms with Crippen LogP contribution in [-0.2, 0) is 0 Å². The SMILES string of the molecule is Cc1cc(C)c(C(=O)O)c(NC(C)c2ccc(C)o2)n1. The molecule has 0 radical (unpaired) electrons. The summed E-state index contributed by atoms with van der Waals surface area (Å²) in [6.45, 7) is 7.38. The lowest BCUT2D eigenvalue weighted by Gasteiger charge is -2.16. The summed E-state index contributed by atoms with van der Waals surface area (Å²) >= 11 is 0. The van der Waals surface area contributed by atoms with E-state index < -0.39 is 5.97 Å². The molecule has 0 saturated carbocycles. The van der Waals surface area contributed by atoms with Gasteiger partial charge < -0.3 is 14.8 Å². The molecule has 5 nitrogen and oxygen atoms in total. The Labute approximate surface area is 117 Å². The molecule has 5 heteroatoms. The molecule has 1 atom stereocenters. The maximum atomic E-state index is 11.4. The molecule has 0 bridgehead atoms. The van der Waals surface area contributed by atoms with Crippen LogP contribution in [0.5, 0.6) is 0 Å². The third-order valence-electron chi connectivity index (χ3n) is 3.10. The Morgan fingerprint density at radius 1 is 1.35 bits per heavy atom. The number of hydrogen-bond donors (Lipinski definition) is 2. The largest absolute Gasteiger partial charge is 0.478 e. The first-order chi connectivity index (χ1) is 9.38. The van der Waals surface area contributed by atoms with Crippen molar-refractivity contribution in [2.75, 3.05) is 5.32 Å². The average Bonchev–Trinajstić information content (AvgIpc) is 2.74. The van der Waals surface area contributed by atoms with Gasteiger partial charge in [-0.1, -0.05) is 0 Å². The summed E-state index contributed by atoms with van der Waals surface area (Å²) in [6, 6.07) is 5.35. The van der Waals surface area contributed by atoms with Gasteiger partial charge in [0, 0.05) is 5.69 Å². The molecule has 0 aromatic carbocycles. The predicted molar refractivity (Wildman–Crippen MR) is 76.2 cm³/mol. The lowest BCUT2D eigenvalue weighted by Crippen LogP contribution is -2.13. The Balaban J connectivity index is 2.35. The topological polar surface area (TPSA) is 75.4 Å². The Bertz CT molecular complexity index is 647. The fourth-order valence-electron chi connectivity index (χ4n) is 2.17. The number of aromatic carboxylic acids is 1. The fraction of sp³-hybridized carbons (Fsp3) is 0.333. The number of nitrogens with one attached hydrogen (secondary N) is 1. The third kappa shape index (κ3) is 2.82. The van der Waals surface area contributed by atoms with E-state index in [0.29, 0.717) is 11.4 Å². The number of rotatable bonds is 4. The zero-order chi connectivity index (χ0) is 14.9. The fourth-order valence-corrected chi connectivity index (χ4v) is 2.17. The van der Waals surface area contributed by atoms with Crippen molar-refractivity contribution < 1.29 is 14.3 Å². The monoisotopic (exact) mass is 274 g/mol. The molecule has 2 N–H and O–H groups in total. The van der Waals surface area contributed by atoms with Crippen LogP contribution in [-0.4, -0.2) is 16.1 Å². The Morgan fingerprint density at radius 2 is 2.05 bits per heavy atom. The Morgan fingerprint density at radius 3 is 2.60 bits per heavy atom. The quantitative estimate of drug-likeness (QED) is 0.892. The summed E-state index contributed by atoms with van der Waals surface area (Å²) in [5.41, 5.74) is 1.67. The summed E-state index contributed by atoms with van der Waals surface area (Å²) in [4.78, 5) is 15.7. The second-order valence-corrected chi connectivity index (χ2v) is 4.92. The molecule has 0 fully saturated rings. The van der Waals surface area contributed by atoms with Crippen LogP contribution in [0.1, 0.15) is 46.1 Å². The molecular weight excluding hydrogens is 256 g/mol. The molecule has 0 aliphatic rings. The first kappa shape index (κ1) is 14.1. The minimum absolute atomic E-state index is 0.157. The van der Waals surface area contributed by atoms with Crippen molar-refractivity contribution in [3.63, 3.8) is 0 Å². The maximum absolute atomic E-state index is 11.4. The van der Waals surface area contributed by atoms with Gasteiger partial charge in [-0.05, 0) is 51.5 Å². The molecule has 0 spiro atoms. The second kappa shape index (κ2) is 5.36. The van der Waals surface area contributed by atoms with Gasteiger partial charge in [-0.2, -0.15) is 0 Å². The normalized spacial score (nSPS) is 12.2. The lowest BCUT2D eigenvalue weighted by molar-refractivity contribution is 0.0696. The second-order valence-electron chi connectivity index (χ2n) is 4.92. The average molecular weight is 274 g/mol. The van der Waals surface area contributed by atoms with E-state index in [0.717, 1.165) is 17.2 Å². The van der Waals surface area contributed by atoms with Crippen LogP contribution in [0, 0.1) is 20.8 Å². The van der Waals surface area contributed by atoms with Gasteiger partial charge in [-0.15, -0.1) is 0 Å². The first-order valence-electron chi connectivity index (χ1n) is 6.43. The number of nitrogens with zero attached hydrogens (tertiary/aromatic N) is 1. The van der Waals surface area contributed by atoms with Gasteiger partial charge in [0.05, 0.1) is 6.04 Å². The minimum Gasteiger partial charge on any atom is -0.478 e. The van der Waals surface area contributed by atoms with Crippen LogP contribution < -0.4 is 5.32 Å². The molecule has 1 unspecified atom stereocenters. The molecule has 2 rings (SSSR count). The summed E-state index contributed by atoms with van der Waals surface area (Å²) in [6.07, 6.45) is 0. The van der Waals surface area contributed by atoms with Gasteiger partial charge in [-0.3, -0.25) is 0 Å². The zero-order valence-corrected chi connectivity index (χ0v) is 12.0. The molecule has 0 amide bonds. The van der Waals surface area contributed by atoms with Crippen LogP contribution in [0.15, 0.2) is 22.6 Å². The van der Waals surface area contributed by atoms with Gasteiger partial charge in [-0.25, -0.2) is 9.78 Å². The van der Waals surface area contributed by atoms with E-state index in [-0.39, 0.29) is 11.6 Å². The number of pyridine rings is 1. The molecule has 2 aromatic heterocycles. The van der Waals surface area contributed by atoms with E-state index in [4.69, 9.17) is 4.42 Å². The Hall–Kier alpha value is -2.30. The summed E-state index contributed by atoms with van der Waals surface area (Å²) in [5.74, 6) is 0.956. The van der Waals surface area contributed by atoms with Gasteiger partial charge >= 0.3 is 5.97 Å². The summed E-state index contributed by atoms with van der Waals surface area (Å²) < 4.78 is 5.54. The van der Waals surface area contributed by atoms with E-state index in [1.165, 1.54) is 0 Å². The van der Waals surface area contributed by atoms with Crippen LogP contribution in [0.2, 0.25) is 0 Å². The highest BCUT2D eigenvalue weighted by Gasteiger charge is 2.18. The van der Waals surface area contributed by atoms with E-state index >= 15 is 0 Å². The van der Waals surface area contributed by atoms with Crippen molar-refractivity contribution in [1.82, 2.24) is 4.98 Å². The number of aromatic nitrogens is 1. The van der Waals surface area contributed by atoms with Gasteiger partial charge in [0.1, 0.15) is 22.9 Å². The van der Waals surface area contributed by atoms with E-state index in [2.05, 4.69) is 10.3 Å². The maximum Gasteiger partial charge on any atom is 0.339 e. The number of aryl methyl sites for hydroxylation is 3. The molecule has 2 aromatic rings. The molecule has 0 aliphatic heterocycles. The van der Waals surface area contributed by atoms with Crippen LogP contribution in [0.25, 0.3) is 0 Å².